The van der Waals surface area contributed by atoms with E-state index in [1.807, 2.05) is 19.1 Å². The Morgan fingerprint density at radius 3 is 2.34 bits per heavy atom. The molecule has 1 aromatic heterocycles. The standard InChI is InChI=1S/C21H20F3N3O2/c1-14-3-7-17(8-4-14)27-19(13-20(26-27)21(22,23)24)16-5-9-18(10-6-16)29-12-11-25-15(2)28/h3-10,13H,11-12H2,1-2H3,(H,25,28). The van der Waals surface area contributed by atoms with Gasteiger partial charge in [0.05, 0.1) is 17.9 Å². The predicted octanol–water partition coefficient (Wildman–Crippen LogP) is 4.38. The number of amides is 1. The number of aromatic nitrogens is 2. The number of aryl methyl sites for hydroxylation is 1. The molecule has 0 bridgehead atoms. The van der Waals surface area contributed by atoms with E-state index in [1.165, 1.54) is 11.6 Å². The van der Waals surface area contributed by atoms with E-state index in [2.05, 4.69) is 10.4 Å². The van der Waals surface area contributed by atoms with Crippen molar-refractivity contribution in [1.82, 2.24) is 15.1 Å². The van der Waals surface area contributed by atoms with Crippen molar-refractivity contribution in [3.8, 4) is 22.7 Å². The monoisotopic (exact) mass is 403 g/mol. The number of nitrogens with zero attached hydrogens (tertiary/aromatic N) is 2. The maximum atomic E-state index is 13.2. The van der Waals surface area contributed by atoms with Crippen LogP contribution >= 0.6 is 0 Å². The van der Waals surface area contributed by atoms with Crippen LogP contribution in [0.4, 0.5) is 13.2 Å². The molecule has 152 valence electrons. The number of halogens is 3. The summed E-state index contributed by atoms with van der Waals surface area (Å²) in [7, 11) is 0. The third-order valence-corrected chi connectivity index (χ3v) is 4.17. The molecule has 0 atom stereocenters. The van der Waals surface area contributed by atoms with Crippen molar-refractivity contribution in [2.75, 3.05) is 13.2 Å². The molecule has 5 nitrogen and oxygen atoms in total. The molecule has 2 aromatic carbocycles. The second-order valence-corrected chi connectivity index (χ2v) is 6.52. The van der Waals surface area contributed by atoms with E-state index in [1.54, 1.807) is 36.4 Å². The highest BCUT2D eigenvalue weighted by molar-refractivity contribution is 5.72. The largest absolute Gasteiger partial charge is 0.492 e. The van der Waals surface area contributed by atoms with Crippen molar-refractivity contribution in [2.45, 2.75) is 20.0 Å². The van der Waals surface area contributed by atoms with Gasteiger partial charge in [0.1, 0.15) is 12.4 Å². The molecule has 0 aliphatic rings. The minimum atomic E-state index is -4.54. The molecule has 1 N–H and O–H groups in total. The smallest absolute Gasteiger partial charge is 0.435 e. The van der Waals surface area contributed by atoms with Crippen molar-refractivity contribution in [1.29, 1.82) is 0 Å². The predicted molar refractivity (Wildman–Crippen MR) is 103 cm³/mol. The summed E-state index contributed by atoms with van der Waals surface area (Å²) < 4.78 is 46.5. The van der Waals surface area contributed by atoms with Gasteiger partial charge in [-0.3, -0.25) is 4.79 Å². The van der Waals surface area contributed by atoms with Crippen LogP contribution in [0.15, 0.2) is 54.6 Å². The summed E-state index contributed by atoms with van der Waals surface area (Å²) in [6.45, 7) is 3.98. The number of rotatable bonds is 6. The highest BCUT2D eigenvalue weighted by Gasteiger charge is 2.35. The van der Waals surface area contributed by atoms with Crippen molar-refractivity contribution in [3.05, 3.63) is 65.9 Å². The lowest BCUT2D eigenvalue weighted by Crippen LogP contribution is -2.25. The van der Waals surface area contributed by atoms with Crippen LogP contribution in [0.5, 0.6) is 5.75 Å². The second kappa shape index (κ2) is 8.38. The molecule has 0 radical (unpaired) electrons. The first kappa shape index (κ1) is 20.4. The van der Waals surface area contributed by atoms with Crippen LogP contribution in [0.3, 0.4) is 0 Å². The Morgan fingerprint density at radius 1 is 1.10 bits per heavy atom. The fraction of sp³-hybridized carbons (Fsp3) is 0.238. The zero-order valence-electron chi connectivity index (χ0n) is 16.0. The lowest BCUT2D eigenvalue weighted by Gasteiger charge is -2.10. The molecule has 0 saturated carbocycles. The molecule has 1 heterocycles. The fourth-order valence-corrected chi connectivity index (χ4v) is 2.73. The lowest BCUT2D eigenvalue weighted by atomic mass is 10.1. The number of hydrogen-bond acceptors (Lipinski definition) is 3. The van der Waals surface area contributed by atoms with Gasteiger partial charge in [0.15, 0.2) is 5.69 Å². The summed E-state index contributed by atoms with van der Waals surface area (Å²) >= 11 is 0. The van der Waals surface area contributed by atoms with Gasteiger partial charge in [0, 0.05) is 12.5 Å². The lowest BCUT2D eigenvalue weighted by molar-refractivity contribution is -0.141. The second-order valence-electron chi connectivity index (χ2n) is 6.52. The Hall–Kier alpha value is -3.29. The van der Waals surface area contributed by atoms with Gasteiger partial charge < -0.3 is 10.1 Å². The molecule has 1 amide bonds. The van der Waals surface area contributed by atoms with Gasteiger partial charge in [0.2, 0.25) is 5.91 Å². The van der Waals surface area contributed by atoms with Crippen molar-refractivity contribution in [3.63, 3.8) is 0 Å². The quantitative estimate of drug-likeness (QED) is 0.622. The Labute approximate surface area is 166 Å². The number of benzene rings is 2. The van der Waals surface area contributed by atoms with Gasteiger partial charge in [-0.15, -0.1) is 0 Å². The van der Waals surface area contributed by atoms with Crippen LogP contribution in [0.1, 0.15) is 18.2 Å². The summed E-state index contributed by atoms with van der Waals surface area (Å²) in [5, 5.41) is 6.39. The Morgan fingerprint density at radius 2 is 1.76 bits per heavy atom. The third kappa shape index (κ3) is 5.16. The average molecular weight is 403 g/mol. The molecule has 0 fully saturated rings. The van der Waals surface area contributed by atoms with Crippen molar-refractivity contribution < 1.29 is 22.7 Å². The van der Waals surface area contributed by atoms with Crippen molar-refractivity contribution in [2.24, 2.45) is 0 Å². The van der Waals surface area contributed by atoms with Gasteiger partial charge in [-0.2, -0.15) is 18.3 Å². The van der Waals surface area contributed by atoms with Gasteiger partial charge in [-0.1, -0.05) is 17.7 Å². The fourth-order valence-electron chi connectivity index (χ4n) is 2.73. The molecular weight excluding hydrogens is 383 g/mol. The van der Waals surface area contributed by atoms with E-state index in [0.717, 1.165) is 11.6 Å². The van der Waals surface area contributed by atoms with Crippen LogP contribution < -0.4 is 10.1 Å². The van der Waals surface area contributed by atoms with Crippen LogP contribution in [0, 0.1) is 6.92 Å². The molecule has 0 aliphatic heterocycles. The third-order valence-electron chi connectivity index (χ3n) is 4.17. The number of hydrogen-bond donors (Lipinski definition) is 1. The maximum Gasteiger partial charge on any atom is 0.435 e. The minimum absolute atomic E-state index is 0.145. The van der Waals surface area contributed by atoms with E-state index in [-0.39, 0.29) is 5.91 Å². The molecule has 0 aliphatic carbocycles. The number of carbonyl (C=O) groups excluding carboxylic acids is 1. The van der Waals surface area contributed by atoms with E-state index < -0.39 is 11.9 Å². The first-order chi connectivity index (χ1) is 13.7. The Bertz CT molecular complexity index is 978. The highest BCUT2D eigenvalue weighted by atomic mass is 19.4. The first-order valence-electron chi connectivity index (χ1n) is 8.96. The Balaban J connectivity index is 1.88. The van der Waals surface area contributed by atoms with E-state index in [9.17, 15) is 18.0 Å². The zero-order chi connectivity index (χ0) is 21.0. The molecule has 29 heavy (non-hydrogen) atoms. The van der Waals surface area contributed by atoms with E-state index in [4.69, 9.17) is 4.74 Å². The van der Waals surface area contributed by atoms with Crippen molar-refractivity contribution >= 4 is 5.91 Å². The summed E-state index contributed by atoms with van der Waals surface area (Å²) in [4.78, 5) is 10.8. The minimum Gasteiger partial charge on any atom is -0.492 e. The first-order valence-corrected chi connectivity index (χ1v) is 8.96. The van der Waals surface area contributed by atoms with Crippen LogP contribution in [-0.2, 0) is 11.0 Å². The highest BCUT2D eigenvalue weighted by Crippen LogP contribution is 2.33. The van der Waals surface area contributed by atoms with E-state index >= 15 is 0 Å². The average Bonchev–Trinajstić information content (AvgIpc) is 3.12. The van der Waals surface area contributed by atoms with Gasteiger partial charge >= 0.3 is 6.18 Å². The zero-order valence-corrected chi connectivity index (χ0v) is 16.0. The van der Waals surface area contributed by atoms with Crippen LogP contribution in [0.25, 0.3) is 16.9 Å². The molecular formula is C21H20F3N3O2. The van der Waals surface area contributed by atoms with E-state index in [0.29, 0.717) is 35.8 Å². The molecule has 3 aromatic rings. The number of alkyl halides is 3. The summed E-state index contributed by atoms with van der Waals surface area (Å²) in [6, 6.07) is 14.8. The molecule has 0 saturated heterocycles. The van der Waals surface area contributed by atoms with Crippen LogP contribution in [0.2, 0.25) is 0 Å². The topological polar surface area (TPSA) is 56.1 Å². The number of carbonyl (C=O) groups is 1. The van der Waals surface area contributed by atoms with Crippen LogP contribution in [-0.4, -0.2) is 28.8 Å². The van der Waals surface area contributed by atoms with Gasteiger partial charge in [-0.25, -0.2) is 4.68 Å². The Kier molecular flexibility index (Phi) is 5.91. The van der Waals surface area contributed by atoms with Gasteiger partial charge in [-0.05, 0) is 49.4 Å². The summed E-state index contributed by atoms with van der Waals surface area (Å²) in [6.07, 6.45) is -4.54. The number of ether oxygens (including phenoxy) is 1. The normalized spacial score (nSPS) is 11.3. The summed E-state index contributed by atoms with van der Waals surface area (Å²) in [5.41, 5.74) is 1.48. The molecule has 3 rings (SSSR count). The molecule has 0 spiro atoms. The SMILES string of the molecule is CC(=O)NCCOc1ccc(-c2cc(C(F)(F)F)nn2-c2ccc(C)cc2)cc1. The maximum absolute atomic E-state index is 13.2. The summed E-state index contributed by atoms with van der Waals surface area (Å²) in [5.74, 6) is 0.408. The molecule has 8 heteroatoms. The van der Waals surface area contributed by atoms with Gasteiger partial charge in [0.25, 0.3) is 0 Å². The molecule has 0 unspecified atom stereocenters. The number of nitrogens with one attached hydrogen (secondary N) is 1.